The molecule has 1 aromatic heterocycles. The standard InChI is InChI=1S/C8H15N5O/c1-5(2)8(9)6(14)4-7-10-12-13(3)11-7/h5,8H,4,9H2,1-3H3. The van der Waals surface area contributed by atoms with Crippen LogP contribution in [0.5, 0.6) is 0 Å². The van der Waals surface area contributed by atoms with Crippen molar-refractivity contribution < 1.29 is 4.79 Å². The summed E-state index contributed by atoms with van der Waals surface area (Å²) in [5, 5.41) is 11.3. The van der Waals surface area contributed by atoms with Crippen LogP contribution >= 0.6 is 0 Å². The lowest BCUT2D eigenvalue weighted by Gasteiger charge is -2.12. The van der Waals surface area contributed by atoms with Gasteiger partial charge in [-0.1, -0.05) is 13.8 Å². The fraction of sp³-hybridized carbons (Fsp3) is 0.750. The third-order valence-corrected chi connectivity index (χ3v) is 1.97. The van der Waals surface area contributed by atoms with Gasteiger partial charge in [-0.25, -0.2) is 0 Å². The molecule has 1 atom stereocenters. The Hall–Kier alpha value is -1.30. The van der Waals surface area contributed by atoms with Gasteiger partial charge >= 0.3 is 0 Å². The molecule has 0 bridgehead atoms. The molecule has 1 heterocycles. The van der Waals surface area contributed by atoms with Gasteiger partial charge in [0.05, 0.1) is 19.5 Å². The first-order valence-electron chi connectivity index (χ1n) is 4.52. The molecule has 1 rings (SSSR count). The van der Waals surface area contributed by atoms with Gasteiger partial charge in [0.2, 0.25) is 0 Å². The summed E-state index contributed by atoms with van der Waals surface area (Å²) in [5.41, 5.74) is 5.68. The summed E-state index contributed by atoms with van der Waals surface area (Å²) in [7, 11) is 1.66. The zero-order valence-electron chi connectivity index (χ0n) is 8.64. The summed E-state index contributed by atoms with van der Waals surface area (Å²) in [4.78, 5) is 12.8. The van der Waals surface area contributed by atoms with Crippen molar-refractivity contribution in [3.8, 4) is 0 Å². The van der Waals surface area contributed by atoms with Gasteiger partial charge in [-0.2, -0.15) is 4.80 Å². The van der Waals surface area contributed by atoms with E-state index in [1.807, 2.05) is 13.8 Å². The summed E-state index contributed by atoms with van der Waals surface area (Å²) >= 11 is 0. The quantitative estimate of drug-likeness (QED) is 0.690. The Morgan fingerprint density at radius 1 is 1.57 bits per heavy atom. The van der Waals surface area contributed by atoms with Crippen molar-refractivity contribution in [3.05, 3.63) is 5.82 Å². The molecular formula is C8H15N5O. The molecule has 0 fully saturated rings. The fourth-order valence-corrected chi connectivity index (χ4v) is 1.04. The highest BCUT2D eigenvalue weighted by atomic mass is 16.1. The predicted octanol–water partition coefficient (Wildman–Crippen LogP) is -0.695. The number of hydrogen-bond donors (Lipinski definition) is 1. The largest absolute Gasteiger partial charge is 0.321 e. The number of nitrogens with zero attached hydrogens (tertiary/aromatic N) is 4. The van der Waals surface area contributed by atoms with Crippen molar-refractivity contribution in [2.75, 3.05) is 0 Å². The van der Waals surface area contributed by atoms with E-state index in [2.05, 4.69) is 15.4 Å². The van der Waals surface area contributed by atoms with E-state index in [1.165, 1.54) is 4.80 Å². The zero-order valence-corrected chi connectivity index (χ0v) is 8.64. The van der Waals surface area contributed by atoms with Crippen LogP contribution in [0.1, 0.15) is 19.7 Å². The SMILES string of the molecule is CC(C)C(N)C(=O)Cc1nnn(C)n1. The van der Waals surface area contributed by atoms with Gasteiger partial charge in [0.25, 0.3) is 0 Å². The summed E-state index contributed by atoms with van der Waals surface area (Å²) in [6, 6.07) is -0.446. The van der Waals surface area contributed by atoms with Crippen molar-refractivity contribution in [3.63, 3.8) is 0 Å². The van der Waals surface area contributed by atoms with Crippen LogP contribution in [-0.2, 0) is 18.3 Å². The number of ketones is 1. The van der Waals surface area contributed by atoms with Crippen molar-refractivity contribution >= 4 is 5.78 Å². The minimum Gasteiger partial charge on any atom is -0.321 e. The number of aryl methyl sites for hydroxylation is 1. The molecule has 6 nitrogen and oxygen atoms in total. The first-order valence-corrected chi connectivity index (χ1v) is 4.52. The third kappa shape index (κ3) is 2.59. The Morgan fingerprint density at radius 2 is 2.21 bits per heavy atom. The van der Waals surface area contributed by atoms with Crippen molar-refractivity contribution in [1.29, 1.82) is 0 Å². The molecule has 2 N–H and O–H groups in total. The Kier molecular flexibility index (Phi) is 3.29. The van der Waals surface area contributed by atoms with E-state index in [-0.39, 0.29) is 18.1 Å². The first kappa shape index (κ1) is 10.8. The number of nitrogens with two attached hydrogens (primary N) is 1. The van der Waals surface area contributed by atoms with Crippen LogP contribution < -0.4 is 5.73 Å². The third-order valence-electron chi connectivity index (χ3n) is 1.97. The average Bonchev–Trinajstić information content (AvgIpc) is 2.49. The molecule has 0 spiro atoms. The van der Waals surface area contributed by atoms with Gasteiger partial charge in [0.1, 0.15) is 0 Å². The van der Waals surface area contributed by atoms with Crippen LogP contribution in [0.15, 0.2) is 0 Å². The first-order chi connectivity index (χ1) is 6.50. The Labute approximate surface area is 82.5 Å². The highest BCUT2D eigenvalue weighted by Crippen LogP contribution is 2.02. The Morgan fingerprint density at radius 3 is 2.64 bits per heavy atom. The molecule has 14 heavy (non-hydrogen) atoms. The molecule has 0 saturated heterocycles. The molecule has 6 heteroatoms. The number of Topliss-reactive ketones (excluding diaryl/α,β-unsaturated/α-hetero) is 1. The van der Waals surface area contributed by atoms with Gasteiger partial charge in [-0.05, 0) is 11.1 Å². The van der Waals surface area contributed by atoms with Crippen molar-refractivity contribution in [2.24, 2.45) is 18.7 Å². The lowest BCUT2D eigenvalue weighted by molar-refractivity contribution is -0.120. The number of hydrogen-bond acceptors (Lipinski definition) is 5. The maximum absolute atomic E-state index is 11.5. The highest BCUT2D eigenvalue weighted by Gasteiger charge is 2.19. The number of aromatic nitrogens is 4. The summed E-state index contributed by atoms with van der Waals surface area (Å²) in [6.45, 7) is 3.82. The van der Waals surface area contributed by atoms with Crippen LogP contribution in [-0.4, -0.2) is 32.0 Å². The summed E-state index contributed by atoms with van der Waals surface area (Å²) in [6.07, 6.45) is 0.160. The summed E-state index contributed by atoms with van der Waals surface area (Å²) < 4.78 is 0. The smallest absolute Gasteiger partial charge is 0.182 e. The molecule has 0 aliphatic rings. The lowest BCUT2D eigenvalue weighted by Crippen LogP contribution is -2.36. The molecular weight excluding hydrogens is 182 g/mol. The highest BCUT2D eigenvalue weighted by molar-refractivity contribution is 5.85. The molecule has 0 aliphatic heterocycles. The molecule has 0 aliphatic carbocycles. The normalized spacial score (nSPS) is 13.2. The second-order valence-corrected chi connectivity index (χ2v) is 3.61. The van der Waals surface area contributed by atoms with Crippen molar-refractivity contribution in [2.45, 2.75) is 26.3 Å². The molecule has 1 unspecified atom stereocenters. The fourth-order valence-electron chi connectivity index (χ4n) is 1.04. The monoisotopic (exact) mass is 197 g/mol. The number of carbonyl (C=O) groups excluding carboxylic acids is 1. The lowest BCUT2D eigenvalue weighted by atomic mass is 9.99. The molecule has 0 aromatic carbocycles. The van der Waals surface area contributed by atoms with Gasteiger partial charge in [0.15, 0.2) is 11.6 Å². The van der Waals surface area contributed by atoms with Crippen LogP contribution in [0, 0.1) is 5.92 Å². The topological polar surface area (TPSA) is 86.7 Å². The van der Waals surface area contributed by atoms with Gasteiger partial charge in [-0.15, -0.1) is 10.2 Å². The van der Waals surface area contributed by atoms with Gasteiger partial charge in [-0.3, -0.25) is 4.79 Å². The molecule has 0 radical (unpaired) electrons. The Bertz CT molecular complexity index is 319. The number of rotatable bonds is 4. The summed E-state index contributed by atoms with van der Waals surface area (Å²) in [5.74, 6) is 0.515. The van der Waals surface area contributed by atoms with E-state index in [9.17, 15) is 4.79 Å². The van der Waals surface area contributed by atoms with E-state index in [4.69, 9.17) is 5.73 Å². The van der Waals surface area contributed by atoms with Gasteiger partial charge < -0.3 is 5.73 Å². The van der Waals surface area contributed by atoms with E-state index >= 15 is 0 Å². The zero-order chi connectivity index (χ0) is 10.7. The second kappa shape index (κ2) is 4.28. The van der Waals surface area contributed by atoms with E-state index in [0.29, 0.717) is 5.82 Å². The molecule has 0 amide bonds. The maximum atomic E-state index is 11.5. The number of tetrazole rings is 1. The average molecular weight is 197 g/mol. The Balaban J connectivity index is 2.57. The van der Waals surface area contributed by atoms with Gasteiger partial charge in [0, 0.05) is 0 Å². The van der Waals surface area contributed by atoms with E-state index in [1.54, 1.807) is 7.05 Å². The second-order valence-electron chi connectivity index (χ2n) is 3.61. The molecule has 0 saturated carbocycles. The number of carbonyl (C=O) groups is 1. The van der Waals surface area contributed by atoms with Crippen LogP contribution in [0.4, 0.5) is 0 Å². The van der Waals surface area contributed by atoms with Crippen LogP contribution in [0.2, 0.25) is 0 Å². The maximum Gasteiger partial charge on any atom is 0.182 e. The van der Waals surface area contributed by atoms with E-state index < -0.39 is 6.04 Å². The van der Waals surface area contributed by atoms with E-state index in [0.717, 1.165) is 0 Å². The molecule has 78 valence electrons. The predicted molar refractivity (Wildman–Crippen MR) is 50.3 cm³/mol. The minimum absolute atomic E-state index is 0.0481. The van der Waals surface area contributed by atoms with Crippen molar-refractivity contribution in [1.82, 2.24) is 20.2 Å². The van der Waals surface area contributed by atoms with Crippen LogP contribution in [0.25, 0.3) is 0 Å². The minimum atomic E-state index is -0.446. The van der Waals surface area contributed by atoms with Crippen LogP contribution in [0.3, 0.4) is 0 Å². The molecule has 1 aromatic rings.